The molecule has 0 bridgehead atoms. The molecule has 0 aliphatic heterocycles. The van der Waals surface area contributed by atoms with Crippen LogP contribution in [0.4, 0.5) is 0 Å². The Morgan fingerprint density at radius 1 is 0.229 bits per heavy atom. The van der Waals surface area contributed by atoms with Crippen LogP contribution in [-0.4, -0.2) is 20.9 Å². The van der Waals surface area contributed by atoms with Crippen molar-refractivity contribution in [3.05, 3.63) is 0 Å². The molecule has 1 heteroatoms. The second kappa shape index (κ2) is 34.8. The van der Waals surface area contributed by atoms with Gasteiger partial charge in [0.15, 0.2) is 0 Å². The fourth-order valence-electron chi connectivity index (χ4n) is 5.25. The topological polar surface area (TPSA) is 0 Å². The first-order valence-electron chi connectivity index (χ1n) is 17.0. The summed E-state index contributed by atoms with van der Waals surface area (Å²) in [5.41, 5.74) is 0. The minimum Gasteiger partial charge on any atom is -0.0654 e. The molecular weight excluding hydrogens is 536 g/mol. The smallest absolute Gasteiger partial charge is 0.0654 e. The zero-order valence-electron chi connectivity index (χ0n) is 25.0. The van der Waals surface area contributed by atoms with Crippen LogP contribution >= 0.6 is 0 Å². The minimum atomic E-state index is 0.362. The first kappa shape index (κ1) is 35.8. The number of unbranched alkanes of at least 4 members (excludes halogenated alkanes) is 28. The average Bonchev–Trinajstić information content (AvgIpc) is 2.87. The summed E-state index contributed by atoms with van der Waals surface area (Å²) in [5.74, 6) is 0. The van der Waals surface area contributed by atoms with E-state index in [0.29, 0.717) is 20.9 Å². The Bertz CT molecular complexity index is 307. The van der Waals surface area contributed by atoms with Crippen LogP contribution in [0, 0.1) is 0 Å². The van der Waals surface area contributed by atoms with Crippen molar-refractivity contribution in [2.75, 3.05) is 0 Å². The van der Waals surface area contributed by atoms with Crippen LogP contribution in [0.5, 0.6) is 0 Å². The maximum absolute atomic E-state index is 2.31. The van der Waals surface area contributed by atoms with E-state index in [-0.39, 0.29) is 0 Å². The Morgan fingerprint density at radius 3 is 0.600 bits per heavy atom. The number of rotatable bonds is 32. The number of hydrogen-bond donors (Lipinski definition) is 0. The Kier molecular flexibility index (Phi) is 35.6. The van der Waals surface area contributed by atoms with E-state index in [1.165, 1.54) is 180 Å². The van der Waals surface area contributed by atoms with E-state index in [1.807, 2.05) is 0 Å². The van der Waals surface area contributed by atoms with Gasteiger partial charge in [0.1, 0.15) is 0 Å². The van der Waals surface area contributed by atoms with E-state index in [1.54, 1.807) is 21.8 Å². The van der Waals surface area contributed by atoms with Crippen molar-refractivity contribution >= 4 is 20.9 Å². The van der Waals surface area contributed by atoms with Crippen LogP contribution in [0.15, 0.2) is 0 Å². The molecule has 0 aromatic carbocycles. The summed E-state index contributed by atoms with van der Waals surface area (Å²) in [7, 11) is 0. The average molecular weight is 607 g/mol. The third kappa shape index (κ3) is 34.8. The van der Waals surface area contributed by atoms with Crippen LogP contribution in [0.3, 0.4) is 0 Å². The minimum absolute atomic E-state index is 0.362. The predicted molar refractivity (Wildman–Crippen MR) is 165 cm³/mol. The van der Waals surface area contributed by atoms with E-state index >= 15 is 0 Å². The second-order valence-electron chi connectivity index (χ2n) is 11.5. The van der Waals surface area contributed by atoms with Crippen LogP contribution in [-0.2, 0) is 0 Å². The Balaban J connectivity index is 3.00. The Labute approximate surface area is 235 Å². The first-order valence-corrected chi connectivity index (χ1v) is 20.3. The molecule has 0 heterocycles. The molecule has 0 atom stereocenters. The van der Waals surface area contributed by atoms with Gasteiger partial charge in [-0.2, -0.15) is 0 Å². The summed E-state index contributed by atoms with van der Waals surface area (Å²) in [4.78, 5) is 0. The van der Waals surface area contributed by atoms with Crippen LogP contribution in [0.25, 0.3) is 0 Å². The zero-order valence-corrected chi connectivity index (χ0v) is 27.4. The Morgan fingerprint density at radius 2 is 0.400 bits per heavy atom. The summed E-state index contributed by atoms with van der Waals surface area (Å²) in [6.07, 6.45) is 44.7. The van der Waals surface area contributed by atoms with E-state index in [9.17, 15) is 0 Å². The standard InChI is InChI=1S/C34H70Te/c1-3-5-7-9-11-13-15-17-19-21-23-25-27-29-31-33-35-34-32-30-28-26-24-22-20-18-16-14-12-10-8-6-4-2/h3-34H2,1-2H3. The third-order valence-electron chi connectivity index (χ3n) is 7.78. The van der Waals surface area contributed by atoms with Crippen LogP contribution < -0.4 is 0 Å². The molecule has 0 aromatic heterocycles. The van der Waals surface area contributed by atoms with E-state index in [0.717, 1.165) is 0 Å². The van der Waals surface area contributed by atoms with Crippen molar-refractivity contribution in [1.29, 1.82) is 0 Å². The fourth-order valence-corrected chi connectivity index (χ4v) is 8.17. The Hall–Kier alpha value is 0.790. The molecule has 0 spiro atoms. The van der Waals surface area contributed by atoms with Crippen molar-refractivity contribution in [3.63, 3.8) is 0 Å². The summed E-state index contributed by atoms with van der Waals surface area (Å²) in [5, 5.41) is 0. The van der Waals surface area contributed by atoms with Gasteiger partial charge in [-0.05, 0) is 0 Å². The van der Waals surface area contributed by atoms with Gasteiger partial charge in [0, 0.05) is 0 Å². The van der Waals surface area contributed by atoms with Gasteiger partial charge in [-0.15, -0.1) is 0 Å². The molecule has 35 heavy (non-hydrogen) atoms. The van der Waals surface area contributed by atoms with Crippen molar-refractivity contribution in [1.82, 2.24) is 0 Å². The molecule has 0 aromatic rings. The maximum atomic E-state index is 2.31. The van der Waals surface area contributed by atoms with Crippen molar-refractivity contribution < 1.29 is 0 Å². The van der Waals surface area contributed by atoms with Crippen molar-refractivity contribution in [3.8, 4) is 0 Å². The SMILES string of the molecule is CCCCCCCCCCCCCCCCC[Te]CCCCCCCCCCCCCCCCC. The third-order valence-corrected chi connectivity index (χ3v) is 11.1. The molecule has 0 radical (unpaired) electrons. The normalized spacial score (nSPS) is 11.5. The van der Waals surface area contributed by atoms with E-state index in [4.69, 9.17) is 0 Å². The van der Waals surface area contributed by atoms with Crippen LogP contribution in [0.2, 0.25) is 8.94 Å². The molecule has 0 N–H and O–H groups in total. The monoisotopic (exact) mass is 608 g/mol. The molecule has 0 saturated carbocycles. The molecule has 0 amide bonds. The molecule has 0 saturated heterocycles. The molecule has 0 aliphatic rings. The molecule has 212 valence electrons. The van der Waals surface area contributed by atoms with E-state index in [2.05, 4.69) is 13.8 Å². The van der Waals surface area contributed by atoms with Gasteiger partial charge in [0.25, 0.3) is 0 Å². The summed E-state index contributed by atoms with van der Waals surface area (Å²) < 4.78 is 3.25. The predicted octanol–water partition coefficient (Wildman–Crippen LogP) is 13.3. The summed E-state index contributed by atoms with van der Waals surface area (Å²) in [6.45, 7) is 4.62. The van der Waals surface area contributed by atoms with Gasteiger partial charge in [0.2, 0.25) is 0 Å². The van der Waals surface area contributed by atoms with Crippen molar-refractivity contribution in [2.45, 2.75) is 215 Å². The van der Waals surface area contributed by atoms with Crippen molar-refractivity contribution in [2.24, 2.45) is 0 Å². The first-order chi connectivity index (χ1) is 17.4. The zero-order chi connectivity index (χ0) is 25.3. The quantitative estimate of drug-likeness (QED) is 0.0528. The molecule has 0 nitrogen and oxygen atoms in total. The van der Waals surface area contributed by atoms with E-state index < -0.39 is 0 Å². The second-order valence-corrected chi connectivity index (χ2v) is 15.0. The molecule has 0 rings (SSSR count). The summed E-state index contributed by atoms with van der Waals surface area (Å²) >= 11 is 0.362. The van der Waals surface area contributed by atoms with Gasteiger partial charge < -0.3 is 0 Å². The van der Waals surface area contributed by atoms with Gasteiger partial charge in [-0.25, -0.2) is 0 Å². The summed E-state index contributed by atoms with van der Waals surface area (Å²) in [6, 6.07) is 0. The van der Waals surface area contributed by atoms with Gasteiger partial charge in [0.05, 0.1) is 0 Å². The molecule has 0 aliphatic carbocycles. The van der Waals surface area contributed by atoms with Crippen LogP contribution in [0.1, 0.15) is 206 Å². The van der Waals surface area contributed by atoms with Gasteiger partial charge in [-0.1, -0.05) is 65.2 Å². The van der Waals surface area contributed by atoms with Gasteiger partial charge >= 0.3 is 171 Å². The van der Waals surface area contributed by atoms with Gasteiger partial charge in [-0.3, -0.25) is 0 Å². The number of hydrogen-bond acceptors (Lipinski definition) is 0. The molecule has 0 fully saturated rings. The molecule has 0 unspecified atom stereocenters. The molecular formula is C34H70Te. The fraction of sp³-hybridized carbons (Fsp3) is 1.00.